The third kappa shape index (κ3) is 3.86. The summed E-state index contributed by atoms with van der Waals surface area (Å²) in [6, 6.07) is 16.4. The topological polar surface area (TPSA) is 75.4 Å². The van der Waals surface area contributed by atoms with Crippen LogP contribution in [0.3, 0.4) is 0 Å². The second kappa shape index (κ2) is 8.99. The van der Waals surface area contributed by atoms with E-state index in [9.17, 15) is 4.79 Å². The van der Waals surface area contributed by atoms with Gasteiger partial charge < -0.3 is 10.2 Å². The van der Waals surface area contributed by atoms with Crippen molar-refractivity contribution in [2.45, 2.75) is 44.2 Å². The Hall–Kier alpha value is -3.58. The van der Waals surface area contributed by atoms with Crippen molar-refractivity contribution >= 4 is 11.6 Å². The van der Waals surface area contributed by atoms with E-state index in [1.165, 1.54) is 12.8 Å². The Kier molecular flexibility index (Phi) is 5.55. The fraction of sp³-hybridized carbons (Fsp3) is 0.333. The van der Waals surface area contributed by atoms with Crippen LogP contribution in [0.4, 0.5) is 0 Å². The first-order valence-electron chi connectivity index (χ1n) is 12.2. The van der Waals surface area contributed by atoms with Gasteiger partial charge in [-0.25, -0.2) is 9.50 Å². The van der Waals surface area contributed by atoms with Crippen LogP contribution < -0.4 is 5.32 Å². The van der Waals surface area contributed by atoms with Crippen LogP contribution in [-0.4, -0.2) is 55.6 Å². The number of amides is 1. The zero-order valence-corrected chi connectivity index (χ0v) is 19.1. The first-order valence-corrected chi connectivity index (χ1v) is 12.2. The number of rotatable bonds is 4. The average molecular weight is 453 g/mol. The lowest BCUT2D eigenvalue weighted by molar-refractivity contribution is 0.0563. The van der Waals surface area contributed by atoms with Crippen LogP contribution in [0.2, 0.25) is 0 Å². The fourth-order valence-electron chi connectivity index (χ4n) is 5.36. The van der Waals surface area contributed by atoms with Crippen LogP contribution in [0, 0.1) is 0 Å². The largest absolute Gasteiger partial charge is 0.334 e. The van der Waals surface area contributed by atoms with Crippen molar-refractivity contribution in [3.05, 3.63) is 72.7 Å². The summed E-state index contributed by atoms with van der Waals surface area (Å²) in [5, 5.41) is 8.08. The Labute approximate surface area is 198 Å². The van der Waals surface area contributed by atoms with Gasteiger partial charge in [-0.1, -0.05) is 30.3 Å². The van der Waals surface area contributed by atoms with Gasteiger partial charge in [0.1, 0.15) is 0 Å². The predicted molar refractivity (Wildman–Crippen MR) is 131 cm³/mol. The Morgan fingerprint density at radius 2 is 1.91 bits per heavy atom. The fourth-order valence-corrected chi connectivity index (χ4v) is 5.36. The Balaban J connectivity index is 1.33. The molecule has 0 bridgehead atoms. The van der Waals surface area contributed by atoms with E-state index in [0.29, 0.717) is 17.3 Å². The standard InChI is InChI=1S/C27H28N6O/c34-27(32-15-5-4-10-25(32)23-9-6-13-28-23)20-11-14-29-24(17-20)21-18-30-33-16-12-22(31-26(21)33)19-7-2-1-3-8-19/h1-3,7-8,11-12,14,16-18,23,25,28H,4-6,9-10,13,15H2. The monoisotopic (exact) mass is 452 g/mol. The van der Waals surface area contributed by atoms with Crippen LogP contribution in [0.15, 0.2) is 67.1 Å². The summed E-state index contributed by atoms with van der Waals surface area (Å²) in [5.74, 6) is 0.0939. The molecule has 2 aliphatic heterocycles. The molecule has 6 rings (SSSR count). The molecule has 4 aromatic rings. The molecule has 7 nitrogen and oxygen atoms in total. The van der Waals surface area contributed by atoms with Gasteiger partial charge in [0, 0.05) is 42.1 Å². The number of aromatic nitrogens is 4. The van der Waals surface area contributed by atoms with E-state index in [1.54, 1.807) is 16.9 Å². The summed E-state index contributed by atoms with van der Waals surface area (Å²) < 4.78 is 1.75. The van der Waals surface area contributed by atoms with E-state index in [2.05, 4.69) is 20.3 Å². The Bertz CT molecular complexity index is 1310. The molecular weight excluding hydrogens is 424 g/mol. The number of hydrogen-bond donors (Lipinski definition) is 1. The molecule has 5 heterocycles. The second-order valence-corrected chi connectivity index (χ2v) is 9.20. The Morgan fingerprint density at radius 3 is 2.76 bits per heavy atom. The third-order valence-electron chi connectivity index (χ3n) is 7.09. The molecule has 1 N–H and O–H groups in total. The zero-order valence-electron chi connectivity index (χ0n) is 19.1. The quantitative estimate of drug-likeness (QED) is 0.502. The number of hydrogen-bond acceptors (Lipinski definition) is 5. The molecule has 0 aliphatic carbocycles. The van der Waals surface area contributed by atoms with Gasteiger partial charge in [0.15, 0.2) is 5.65 Å². The van der Waals surface area contributed by atoms with Crippen molar-refractivity contribution in [3.63, 3.8) is 0 Å². The van der Waals surface area contributed by atoms with E-state index in [0.717, 1.165) is 54.8 Å². The van der Waals surface area contributed by atoms with Crippen molar-refractivity contribution in [2.24, 2.45) is 0 Å². The lowest BCUT2D eigenvalue weighted by Crippen LogP contribution is -2.52. The number of fused-ring (bicyclic) bond motifs is 1. The van der Waals surface area contributed by atoms with Gasteiger partial charge in [-0.05, 0) is 56.8 Å². The molecule has 0 saturated carbocycles. The van der Waals surface area contributed by atoms with Gasteiger partial charge in [0.05, 0.1) is 23.1 Å². The number of likely N-dealkylation sites (tertiary alicyclic amines) is 1. The lowest BCUT2D eigenvalue weighted by Gasteiger charge is -2.39. The third-order valence-corrected chi connectivity index (χ3v) is 7.09. The van der Waals surface area contributed by atoms with Gasteiger partial charge in [0.25, 0.3) is 5.91 Å². The van der Waals surface area contributed by atoms with Crippen molar-refractivity contribution in [3.8, 4) is 22.5 Å². The number of benzene rings is 1. The molecule has 3 aromatic heterocycles. The summed E-state index contributed by atoms with van der Waals surface area (Å²) in [4.78, 5) is 25.2. The van der Waals surface area contributed by atoms with Crippen LogP contribution in [-0.2, 0) is 0 Å². The lowest BCUT2D eigenvalue weighted by atomic mass is 9.93. The number of carbonyl (C=O) groups is 1. The van der Waals surface area contributed by atoms with E-state index >= 15 is 0 Å². The van der Waals surface area contributed by atoms with Gasteiger partial charge in [-0.15, -0.1) is 0 Å². The molecule has 1 amide bonds. The Morgan fingerprint density at radius 1 is 1.00 bits per heavy atom. The number of nitrogens with zero attached hydrogens (tertiary/aromatic N) is 5. The van der Waals surface area contributed by atoms with Crippen LogP contribution in [0.5, 0.6) is 0 Å². The van der Waals surface area contributed by atoms with Gasteiger partial charge in [-0.3, -0.25) is 9.78 Å². The summed E-state index contributed by atoms with van der Waals surface area (Å²) in [5.41, 5.74) is 4.86. The summed E-state index contributed by atoms with van der Waals surface area (Å²) in [7, 11) is 0. The van der Waals surface area contributed by atoms with Crippen LogP contribution in [0.25, 0.3) is 28.2 Å². The highest BCUT2D eigenvalue weighted by molar-refractivity contribution is 5.96. The molecule has 0 radical (unpaired) electrons. The highest BCUT2D eigenvalue weighted by atomic mass is 16.2. The van der Waals surface area contributed by atoms with E-state index in [-0.39, 0.29) is 11.9 Å². The molecule has 2 fully saturated rings. The van der Waals surface area contributed by atoms with Crippen molar-refractivity contribution in [1.82, 2.24) is 29.8 Å². The minimum absolute atomic E-state index is 0.0939. The first-order chi connectivity index (χ1) is 16.8. The minimum atomic E-state index is 0.0939. The molecule has 1 aromatic carbocycles. The molecule has 2 unspecified atom stereocenters. The summed E-state index contributed by atoms with van der Waals surface area (Å²) in [6.07, 6.45) is 11.1. The highest BCUT2D eigenvalue weighted by Crippen LogP contribution is 2.28. The number of pyridine rings is 1. The molecule has 2 saturated heterocycles. The van der Waals surface area contributed by atoms with Crippen LogP contribution in [0.1, 0.15) is 42.5 Å². The number of nitrogens with one attached hydrogen (secondary N) is 1. The van der Waals surface area contributed by atoms with Crippen molar-refractivity contribution in [2.75, 3.05) is 13.1 Å². The number of carbonyl (C=O) groups excluding carboxylic acids is 1. The zero-order chi connectivity index (χ0) is 22.9. The molecule has 172 valence electrons. The molecule has 0 spiro atoms. The second-order valence-electron chi connectivity index (χ2n) is 9.20. The maximum Gasteiger partial charge on any atom is 0.254 e. The molecule has 2 aliphatic rings. The van der Waals surface area contributed by atoms with Gasteiger partial charge in [-0.2, -0.15) is 5.10 Å². The van der Waals surface area contributed by atoms with Crippen LogP contribution >= 0.6 is 0 Å². The summed E-state index contributed by atoms with van der Waals surface area (Å²) >= 11 is 0. The van der Waals surface area contributed by atoms with Crippen molar-refractivity contribution < 1.29 is 4.79 Å². The summed E-state index contributed by atoms with van der Waals surface area (Å²) in [6.45, 7) is 1.87. The van der Waals surface area contributed by atoms with E-state index in [1.807, 2.05) is 54.7 Å². The molecule has 34 heavy (non-hydrogen) atoms. The average Bonchev–Trinajstić information content (AvgIpc) is 3.59. The highest BCUT2D eigenvalue weighted by Gasteiger charge is 2.34. The predicted octanol–water partition coefficient (Wildman–Crippen LogP) is 4.21. The maximum absolute atomic E-state index is 13.6. The minimum Gasteiger partial charge on any atom is -0.334 e. The van der Waals surface area contributed by atoms with E-state index < -0.39 is 0 Å². The first kappa shape index (κ1) is 21.0. The smallest absolute Gasteiger partial charge is 0.254 e. The molecule has 2 atom stereocenters. The van der Waals surface area contributed by atoms with Gasteiger partial charge >= 0.3 is 0 Å². The van der Waals surface area contributed by atoms with E-state index in [4.69, 9.17) is 4.98 Å². The van der Waals surface area contributed by atoms with Crippen molar-refractivity contribution in [1.29, 1.82) is 0 Å². The molecule has 7 heteroatoms. The SMILES string of the molecule is O=C(c1ccnc(-c2cnn3ccc(-c4ccccc4)nc23)c1)N1CCCCC1C1CCCN1. The normalized spacial score (nSPS) is 20.6. The van der Waals surface area contributed by atoms with Gasteiger partial charge in [0.2, 0.25) is 0 Å². The number of piperidine rings is 1. The maximum atomic E-state index is 13.6. The molecular formula is C27H28N6O.